The Hall–Kier alpha value is -3.29. The van der Waals surface area contributed by atoms with E-state index in [0.29, 0.717) is 29.5 Å². The van der Waals surface area contributed by atoms with E-state index in [0.717, 1.165) is 11.1 Å². The number of aromatic nitrogens is 1. The molecule has 3 rings (SSSR count). The molecule has 0 bridgehead atoms. The van der Waals surface area contributed by atoms with E-state index in [1.165, 1.54) is 4.90 Å². The summed E-state index contributed by atoms with van der Waals surface area (Å²) in [6.45, 7) is 9.39. The Labute approximate surface area is 182 Å². The third-order valence-corrected chi connectivity index (χ3v) is 5.49. The number of pyridine rings is 1. The van der Waals surface area contributed by atoms with E-state index in [1.807, 2.05) is 13.8 Å². The molecule has 1 aromatic heterocycles. The van der Waals surface area contributed by atoms with E-state index in [2.05, 4.69) is 4.98 Å². The number of carbonyl (C=O) groups is 2. The van der Waals surface area contributed by atoms with Crippen LogP contribution in [0.5, 0.6) is 11.5 Å². The minimum absolute atomic E-state index is 0.106. The Morgan fingerprint density at radius 3 is 2.19 bits per heavy atom. The van der Waals surface area contributed by atoms with Crippen LogP contribution >= 0.6 is 0 Å². The highest BCUT2D eigenvalue weighted by Gasteiger charge is 2.42. The highest BCUT2D eigenvalue weighted by Crippen LogP contribution is 2.40. The topological polar surface area (TPSA) is 92.2 Å². The van der Waals surface area contributed by atoms with Crippen LogP contribution in [0.25, 0.3) is 0 Å². The Kier molecular flexibility index (Phi) is 5.60. The zero-order chi connectivity index (χ0) is 23.1. The maximum atomic E-state index is 13.5. The first kappa shape index (κ1) is 22.4. The molecular weight excluding hydrogens is 398 g/mol. The predicted molar refractivity (Wildman–Crippen MR) is 118 cm³/mol. The van der Waals surface area contributed by atoms with Crippen LogP contribution in [0.3, 0.4) is 0 Å². The lowest BCUT2D eigenvalue weighted by atomic mass is 9.78. The summed E-state index contributed by atoms with van der Waals surface area (Å²) in [5.74, 6) is 1.37. The van der Waals surface area contributed by atoms with Gasteiger partial charge in [0.25, 0.3) is 0 Å². The largest absolute Gasteiger partial charge is 0.497 e. The van der Waals surface area contributed by atoms with Crippen LogP contribution in [-0.2, 0) is 16.8 Å². The summed E-state index contributed by atoms with van der Waals surface area (Å²) in [4.78, 5) is 32.7. The van der Waals surface area contributed by atoms with Gasteiger partial charge in [-0.1, -0.05) is 0 Å². The molecule has 1 aromatic carbocycles. The number of anilines is 2. The maximum Gasteiger partial charge on any atom is 0.413 e. The minimum atomic E-state index is -1.09. The number of fused-ring (bicyclic) bond motifs is 1. The smallest absolute Gasteiger partial charge is 0.413 e. The van der Waals surface area contributed by atoms with Crippen molar-refractivity contribution in [2.75, 3.05) is 24.0 Å². The summed E-state index contributed by atoms with van der Waals surface area (Å²) in [5.41, 5.74) is 0.715. The SMILES string of the molecule is COc1cc(OC)cc(N2Cc3cnc(N(C(=O)O)C(C)(C)C)cc3C(C)(C)C2=O)c1. The summed E-state index contributed by atoms with van der Waals surface area (Å²) >= 11 is 0. The van der Waals surface area contributed by atoms with Crippen molar-refractivity contribution in [3.05, 3.63) is 41.6 Å². The molecule has 1 N–H and O–H groups in total. The van der Waals surface area contributed by atoms with Crippen LogP contribution in [0.4, 0.5) is 16.3 Å². The number of benzene rings is 1. The molecule has 0 radical (unpaired) electrons. The van der Waals surface area contributed by atoms with E-state index >= 15 is 0 Å². The molecule has 0 spiro atoms. The summed E-state index contributed by atoms with van der Waals surface area (Å²) in [6.07, 6.45) is 0.565. The minimum Gasteiger partial charge on any atom is -0.497 e. The molecule has 0 atom stereocenters. The molecule has 1 aliphatic heterocycles. The predicted octanol–water partition coefficient (Wildman–Crippen LogP) is 4.21. The Morgan fingerprint density at radius 1 is 1.13 bits per heavy atom. The number of amides is 2. The molecule has 0 aliphatic carbocycles. The lowest BCUT2D eigenvalue weighted by molar-refractivity contribution is -0.123. The van der Waals surface area contributed by atoms with E-state index < -0.39 is 17.0 Å². The number of hydrogen-bond acceptors (Lipinski definition) is 5. The summed E-state index contributed by atoms with van der Waals surface area (Å²) < 4.78 is 10.7. The van der Waals surface area contributed by atoms with Gasteiger partial charge in [0.05, 0.1) is 31.9 Å². The Morgan fingerprint density at radius 2 is 1.71 bits per heavy atom. The van der Waals surface area contributed by atoms with Gasteiger partial charge in [-0.3, -0.25) is 9.69 Å². The second kappa shape index (κ2) is 7.76. The molecule has 0 unspecified atom stereocenters. The van der Waals surface area contributed by atoms with Gasteiger partial charge in [0.15, 0.2) is 0 Å². The fourth-order valence-electron chi connectivity index (χ4n) is 3.88. The number of carbonyl (C=O) groups excluding carboxylic acids is 1. The quantitative estimate of drug-likeness (QED) is 0.786. The highest BCUT2D eigenvalue weighted by molar-refractivity contribution is 6.03. The highest BCUT2D eigenvalue weighted by atomic mass is 16.5. The van der Waals surface area contributed by atoms with Crippen LogP contribution in [0.2, 0.25) is 0 Å². The van der Waals surface area contributed by atoms with Crippen molar-refractivity contribution in [3.8, 4) is 11.5 Å². The van der Waals surface area contributed by atoms with Gasteiger partial charge >= 0.3 is 6.09 Å². The third-order valence-electron chi connectivity index (χ3n) is 5.49. The first-order chi connectivity index (χ1) is 14.4. The van der Waals surface area contributed by atoms with Crippen LogP contribution in [0, 0.1) is 0 Å². The van der Waals surface area contributed by atoms with Crippen molar-refractivity contribution in [2.24, 2.45) is 0 Å². The lowest BCUT2D eigenvalue weighted by Gasteiger charge is -2.40. The molecular formula is C23H29N3O5. The number of hydrogen-bond donors (Lipinski definition) is 1. The zero-order valence-electron chi connectivity index (χ0n) is 19.0. The van der Waals surface area contributed by atoms with Crippen LogP contribution in [0.1, 0.15) is 45.7 Å². The summed E-state index contributed by atoms with van der Waals surface area (Å²) in [7, 11) is 3.12. The molecule has 1 aliphatic rings. The molecule has 2 aromatic rings. The molecule has 0 saturated carbocycles. The molecule has 166 valence electrons. The molecule has 0 saturated heterocycles. The van der Waals surface area contributed by atoms with Gasteiger partial charge in [0.2, 0.25) is 5.91 Å². The zero-order valence-corrected chi connectivity index (χ0v) is 19.0. The monoisotopic (exact) mass is 427 g/mol. The molecule has 2 heterocycles. The molecule has 0 fully saturated rings. The first-order valence-electron chi connectivity index (χ1n) is 9.97. The normalized spacial score (nSPS) is 15.3. The van der Waals surface area contributed by atoms with Gasteiger partial charge in [-0.25, -0.2) is 9.78 Å². The van der Waals surface area contributed by atoms with E-state index in [4.69, 9.17) is 9.47 Å². The Bertz CT molecular complexity index is 1000. The van der Waals surface area contributed by atoms with Gasteiger partial charge in [-0.15, -0.1) is 0 Å². The van der Waals surface area contributed by atoms with Crippen molar-refractivity contribution >= 4 is 23.5 Å². The fourth-order valence-corrected chi connectivity index (χ4v) is 3.88. The van der Waals surface area contributed by atoms with Gasteiger partial charge in [0, 0.05) is 29.9 Å². The molecule has 8 heteroatoms. The standard InChI is InChI=1S/C23H29N3O5/c1-22(2,3)26(21(28)29)19-11-18-14(12-24-19)13-25(20(27)23(18,4)5)15-8-16(30-6)10-17(9-15)31-7/h8-12H,13H2,1-7H3,(H,28,29). The number of nitrogens with zero attached hydrogens (tertiary/aromatic N) is 3. The van der Waals surface area contributed by atoms with Crippen molar-refractivity contribution in [1.82, 2.24) is 4.98 Å². The van der Waals surface area contributed by atoms with Crippen LogP contribution in [0.15, 0.2) is 30.5 Å². The van der Waals surface area contributed by atoms with Crippen molar-refractivity contribution in [2.45, 2.75) is 52.1 Å². The maximum absolute atomic E-state index is 13.5. The lowest BCUT2D eigenvalue weighted by Crippen LogP contribution is -2.49. The average molecular weight is 428 g/mol. The van der Waals surface area contributed by atoms with Gasteiger partial charge in [-0.2, -0.15) is 0 Å². The Balaban J connectivity index is 2.09. The van der Waals surface area contributed by atoms with E-state index in [9.17, 15) is 14.7 Å². The summed E-state index contributed by atoms with van der Waals surface area (Å²) in [6, 6.07) is 7.04. The van der Waals surface area contributed by atoms with Gasteiger partial charge in [0.1, 0.15) is 17.3 Å². The van der Waals surface area contributed by atoms with Crippen molar-refractivity contribution in [3.63, 3.8) is 0 Å². The molecule has 2 amide bonds. The second-order valence-electron chi connectivity index (χ2n) is 9.08. The van der Waals surface area contributed by atoms with Gasteiger partial charge in [-0.05, 0) is 51.8 Å². The van der Waals surface area contributed by atoms with E-state index in [1.54, 1.807) is 70.4 Å². The van der Waals surface area contributed by atoms with Crippen LogP contribution < -0.4 is 19.3 Å². The summed E-state index contributed by atoms with van der Waals surface area (Å²) in [5, 5.41) is 9.72. The fraction of sp³-hybridized carbons (Fsp3) is 0.435. The third kappa shape index (κ3) is 4.02. The van der Waals surface area contributed by atoms with Crippen molar-refractivity contribution in [1.29, 1.82) is 0 Å². The molecule has 31 heavy (non-hydrogen) atoms. The van der Waals surface area contributed by atoms with E-state index in [-0.39, 0.29) is 5.91 Å². The van der Waals surface area contributed by atoms with Crippen LogP contribution in [-0.4, -0.2) is 41.8 Å². The molecule has 8 nitrogen and oxygen atoms in total. The average Bonchev–Trinajstić information content (AvgIpc) is 2.69. The number of methoxy groups -OCH3 is 2. The van der Waals surface area contributed by atoms with Crippen molar-refractivity contribution < 1.29 is 24.2 Å². The second-order valence-corrected chi connectivity index (χ2v) is 9.08. The number of carboxylic acid groups (broad SMARTS) is 1. The first-order valence-corrected chi connectivity index (χ1v) is 9.97. The van der Waals surface area contributed by atoms with Gasteiger partial charge < -0.3 is 19.5 Å². The number of ether oxygens (including phenoxy) is 2. The number of rotatable bonds is 4.